The highest BCUT2D eigenvalue weighted by Crippen LogP contribution is 2.30. The Morgan fingerprint density at radius 3 is 3.09 bits per heavy atom. The van der Waals surface area contributed by atoms with E-state index in [9.17, 15) is 0 Å². The topological polar surface area (TPSA) is 82.5 Å². The summed E-state index contributed by atoms with van der Waals surface area (Å²) in [5, 5.41) is 12.1. The maximum atomic E-state index is 5.82. The predicted octanol–water partition coefficient (Wildman–Crippen LogP) is 3.29. The van der Waals surface area contributed by atoms with Gasteiger partial charge in [-0.2, -0.15) is 0 Å². The first-order chi connectivity index (χ1) is 11.3. The first-order valence-corrected chi connectivity index (χ1v) is 7.58. The van der Waals surface area contributed by atoms with Gasteiger partial charge in [-0.25, -0.2) is 0 Å². The van der Waals surface area contributed by atoms with E-state index < -0.39 is 0 Å². The molecule has 1 aromatic carbocycles. The number of para-hydroxylation sites is 1. The van der Waals surface area contributed by atoms with E-state index in [1.165, 1.54) is 0 Å². The number of rotatable bonds is 5. The summed E-state index contributed by atoms with van der Waals surface area (Å²) in [6.45, 7) is 1.20. The molecule has 1 atom stereocenters. The summed E-state index contributed by atoms with van der Waals surface area (Å²) in [5.41, 5.74) is 0.734. The van der Waals surface area contributed by atoms with Gasteiger partial charge in [0.15, 0.2) is 11.3 Å². The van der Waals surface area contributed by atoms with Gasteiger partial charge in [-0.3, -0.25) is 0 Å². The zero-order chi connectivity index (χ0) is 15.6. The van der Waals surface area contributed by atoms with Crippen molar-refractivity contribution in [1.29, 1.82) is 0 Å². The SMILES string of the molecule is COc1cccc2cc(CNc3nnc([C@H]4CCCO4)o3)oc12. The number of benzene rings is 1. The summed E-state index contributed by atoms with van der Waals surface area (Å²) >= 11 is 0. The van der Waals surface area contributed by atoms with Gasteiger partial charge in [-0.15, -0.1) is 5.10 Å². The van der Waals surface area contributed by atoms with E-state index in [4.69, 9.17) is 18.3 Å². The molecule has 7 nitrogen and oxygen atoms in total. The van der Waals surface area contributed by atoms with E-state index in [1.807, 2.05) is 24.3 Å². The Balaban J connectivity index is 1.46. The highest BCUT2D eigenvalue weighted by molar-refractivity contribution is 5.83. The van der Waals surface area contributed by atoms with Crippen LogP contribution in [-0.2, 0) is 11.3 Å². The Bertz CT molecular complexity index is 805. The van der Waals surface area contributed by atoms with Crippen LogP contribution < -0.4 is 10.1 Å². The summed E-state index contributed by atoms with van der Waals surface area (Å²) < 4.78 is 22.2. The molecule has 0 saturated carbocycles. The lowest BCUT2D eigenvalue weighted by Crippen LogP contribution is -1.98. The Hall–Kier alpha value is -2.54. The molecule has 1 aliphatic rings. The van der Waals surface area contributed by atoms with E-state index in [0.717, 1.165) is 36.2 Å². The molecule has 3 aromatic rings. The van der Waals surface area contributed by atoms with Crippen molar-refractivity contribution >= 4 is 17.0 Å². The van der Waals surface area contributed by atoms with Gasteiger partial charge in [0.05, 0.1) is 13.7 Å². The fraction of sp³-hybridized carbons (Fsp3) is 0.375. The number of fused-ring (bicyclic) bond motifs is 1. The van der Waals surface area contributed by atoms with Crippen LogP contribution in [0.15, 0.2) is 33.1 Å². The van der Waals surface area contributed by atoms with E-state index in [0.29, 0.717) is 24.2 Å². The van der Waals surface area contributed by atoms with Crippen molar-refractivity contribution < 1.29 is 18.3 Å². The van der Waals surface area contributed by atoms with E-state index in [-0.39, 0.29) is 6.10 Å². The minimum Gasteiger partial charge on any atom is -0.493 e. The molecule has 2 aromatic heterocycles. The molecular formula is C16H17N3O4. The molecule has 1 saturated heterocycles. The van der Waals surface area contributed by atoms with Gasteiger partial charge in [-0.1, -0.05) is 17.2 Å². The highest BCUT2D eigenvalue weighted by atomic mass is 16.5. The molecule has 7 heteroatoms. The Morgan fingerprint density at radius 1 is 1.30 bits per heavy atom. The normalized spacial score (nSPS) is 17.7. The average molecular weight is 315 g/mol. The van der Waals surface area contributed by atoms with Gasteiger partial charge in [0, 0.05) is 12.0 Å². The van der Waals surface area contributed by atoms with Gasteiger partial charge in [0.1, 0.15) is 11.9 Å². The van der Waals surface area contributed by atoms with Crippen LogP contribution in [0.5, 0.6) is 5.75 Å². The third-order valence-electron chi connectivity index (χ3n) is 3.84. The lowest BCUT2D eigenvalue weighted by Gasteiger charge is -2.02. The molecule has 4 rings (SSSR count). The standard InChI is InChI=1S/C16H17N3O4/c1-20-12-5-2-4-10-8-11(22-14(10)12)9-17-16-19-18-15(23-16)13-6-3-7-21-13/h2,4-5,8,13H,3,6-7,9H2,1H3,(H,17,19)/t13-/m1/s1. The number of anilines is 1. The second-order valence-electron chi connectivity index (χ2n) is 5.39. The minimum absolute atomic E-state index is 0.0755. The summed E-state index contributed by atoms with van der Waals surface area (Å²) in [5.74, 6) is 2.00. The van der Waals surface area contributed by atoms with Crippen LogP contribution in [0.4, 0.5) is 6.01 Å². The van der Waals surface area contributed by atoms with Crippen molar-refractivity contribution in [3.63, 3.8) is 0 Å². The van der Waals surface area contributed by atoms with E-state index in [1.54, 1.807) is 7.11 Å². The molecule has 0 unspecified atom stereocenters. The molecular weight excluding hydrogens is 298 g/mol. The van der Waals surface area contributed by atoms with Crippen LogP contribution in [-0.4, -0.2) is 23.9 Å². The molecule has 3 heterocycles. The van der Waals surface area contributed by atoms with Crippen LogP contribution in [0.1, 0.15) is 30.6 Å². The number of nitrogens with zero attached hydrogens (tertiary/aromatic N) is 2. The van der Waals surface area contributed by atoms with E-state index in [2.05, 4.69) is 15.5 Å². The molecule has 1 fully saturated rings. The first kappa shape index (κ1) is 14.1. The van der Waals surface area contributed by atoms with Crippen molar-refractivity contribution in [2.45, 2.75) is 25.5 Å². The van der Waals surface area contributed by atoms with Crippen LogP contribution in [0, 0.1) is 0 Å². The summed E-state index contributed by atoms with van der Waals surface area (Å²) in [4.78, 5) is 0. The molecule has 0 aliphatic carbocycles. The Kier molecular flexibility index (Phi) is 3.63. The van der Waals surface area contributed by atoms with Crippen molar-refractivity contribution in [3.8, 4) is 5.75 Å². The lowest BCUT2D eigenvalue weighted by atomic mass is 10.2. The third-order valence-corrected chi connectivity index (χ3v) is 3.84. The second-order valence-corrected chi connectivity index (χ2v) is 5.39. The molecule has 120 valence electrons. The zero-order valence-corrected chi connectivity index (χ0v) is 12.7. The Labute approximate surface area is 132 Å². The number of aromatic nitrogens is 2. The predicted molar refractivity (Wildman–Crippen MR) is 82.3 cm³/mol. The average Bonchev–Trinajstić information content (AvgIpc) is 3.30. The first-order valence-electron chi connectivity index (χ1n) is 7.58. The van der Waals surface area contributed by atoms with Crippen molar-refractivity contribution in [2.75, 3.05) is 19.0 Å². The molecule has 1 aliphatic heterocycles. The number of ether oxygens (including phenoxy) is 2. The number of nitrogens with one attached hydrogen (secondary N) is 1. The van der Waals surface area contributed by atoms with Crippen molar-refractivity contribution in [1.82, 2.24) is 10.2 Å². The molecule has 0 amide bonds. The zero-order valence-electron chi connectivity index (χ0n) is 12.7. The van der Waals surface area contributed by atoms with Crippen LogP contribution in [0.25, 0.3) is 11.0 Å². The smallest absolute Gasteiger partial charge is 0.315 e. The van der Waals surface area contributed by atoms with Gasteiger partial charge in [-0.05, 0) is 25.0 Å². The third kappa shape index (κ3) is 2.75. The quantitative estimate of drug-likeness (QED) is 0.773. The molecule has 0 bridgehead atoms. The maximum Gasteiger partial charge on any atom is 0.315 e. The number of hydrogen-bond acceptors (Lipinski definition) is 7. The fourth-order valence-electron chi connectivity index (χ4n) is 2.71. The second kappa shape index (κ2) is 5.92. The molecule has 1 N–H and O–H groups in total. The monoisotopic (exact) mass is 315 g/mol. The summed E-state index contributed by atoms with van der Waals surface area (Å²) in [6.07, 6.45) is 1.87. The van der Waals surface area contributed by atoms with Crippen molar-refractivity contribution in [3.05, 3.63) is 35.9 Å². The number of furan rings is 1. The van der Waals surface area contributed by atoms with Crippen LogP contribution in [0.3, 0.4) is 0 Å². The molecule has 23 heavy (non-hydrogen) atoms. The van der Waals surface area contributed by atoms with Gasteiger partial charge < -0.3 is 23.6 Å². The van der Waals surface area contributed by atoms with Crippen molar-refractivity contribution in [2.24, 2.45) is 0 Å². The van der Waals surface area contributed by atoms with Gasteiger partial charge in [0.25, 0.3) is 0 Å². The molecule has 0 radical (unpaired) electrons. The largest absolute Gasteiger partial charge is 0.493 e. The van der Waals surface area contributed by atoms with Gasteiger partial charge >= 0.3 is 6.01 Å². The minimum atomic E-state index is -0.0755. The number of hydrogen-bond donors (Lipinski definition) is 1. The lowest BCUT2D eigenvalue weighted by molar-refractivity contribution is 0.0897. The van der Waals surface area contributed by atoms with Crippen LogP contribution >= 0.6 is 0 Å². The molecule has 0 spiro atoms. The summed E-state index contributed by atoms with van der Waals surface area (Å²) in [7, 11) is 1.63. The number of methoxy groups -OCH3 is 1. The summed E-state index contributed by atoms with van der Waals surface area (Å²) in [6, 6.07) is 8.10. The van der Waals surface area contributed by atoms with Crippen LogP contribution in [0.2, 0.25) is 0 Å². The highest BCUT2D eigenvalue weighted by Gasteiger charge is 2.23. The van der Waals surface area contributed by atoms with Gasteiger partial charge in [0.2, 0.25) is 5.89 Å². The van der Waals surface area contributed by atoms with E-state index >= 15 is 0 Å². The fourth-order valence-corrected chi connectivity index (χ4v) is 2.71. The Morgan fingerprint density at radius 2 is 2.26 bits per heavy atom. The maximum absolute atomic E-state index is 5.82.